The van der Waals surface area contributed by atoms with Gasteiger partial charge in [0, 0.05) is 43.8 Å². The van der Waals surface area contributed by atoms with E-state index in [-0.39, 0.29) is 0 Å². The molecule has 0 radical (unpaired) electrons. The molecular weight excluding hydrogens is 374 g/mol. The fraction of sp³-hybridized carbons (Fsp3) is 0.333. The maximum Gasteiger partial charge on any atom is 0.224 e. The Labute approximate surface area is 177 Å². The summed E-state index contributed by atoms with van der Waals surface area (Å²) >= 11 is 0. The Kier molecular flexibility index (Phi) is 6.01. The lowest BCUT2D eigenvalue weighted by molar-refractivity contribution is 0.179. The van der Waals surface area contributed by atoms with E-state index in [1.807, 2.05) is 25.1 Å². The second-order valence-electron chi connectivity index (χ2n) is 7.54. The minimum absolute atomic E-state index is 0.525. The smallest absolute Gasteiger partial charge is 0.224 e. The minimum Gasteiger partial charge on any atom is -0.477 e. The minimum atomic E-state index is -0.538. The van der Waals surface area contributed by atoms with Crippen LogP contribution in [0.15, 0.2) is 61.1 Å². The third-order valence-electron chi connectivity index (χ3n) is 5.67. The molecule has 2 aromatic heterocycles. The summed E-state index contributed by atoms with van der Waals surface area (Å²) in [7, 11) is 0. The summed E-state index contributed by atoms with van der Waals surface area (Å²) in [6.45, 7) is 5.12. The third-order valence-corrected chi connectivity index (χ3v) is 5.67. The van der Waals surface area contributed by atoms with E-state index in [4.69, 9.17) is 4.74 Å². The average molecular weight is 399 g/mol. The third kappa shape index (κ3) is 4.17. The van der Waals surface area contributed by atoms with Crippen LogP contribution < -0.4 is 4.74 Å². The standard InChI is InChI=1S/C24H25N5O/c1-2-30-23-21(9-6-12-26-23)22-27-15-20(16-28-22)24(18-25)10-13-29(14-11-24)17-19-7-4-3-5-8-19/h3-9,12,15-16H,2,10-11,13-14,17H2,1H3. The molecule has 152 valence electrons. The highest BCUT2D eigenvalue weighted by atomic mass is 16.5. The molecule has 1 aromatic carbocycles. The van der Waals surface area contributed by atoms with Crippen molar-refractivity contribution in [3.63, 3.8) is 0 Å². The molecule has 1 fully saturated rings. The zero-order chi connectivity index (χ0) is 20.8. The molecule has 0 amide bonds. The van der Waals surface area contributed by atoms with Gasteiger partial charge in [0.15, 0.2) is 5.82 Å². The highest BCUT2D eigenvalue weighted by Crippen LogP contribution is 2.35. The quantitative estimate of drug-likeness (QED) is 0.624. The van der Waals surface area contributed by atoms with Crippen LogP contribution in [0.25, 0.3) is 11.4 Å². The summed E-state index contributed by atoms with van der Waals surface area (Å²) in [6.07, 6.45) is 6.82. The van der Waals surface area contributed by atoms with Crippen LogP contribution in [0.2, 0.25) is 0 Å². The second-order valence-corrected chi connectivity index (χ2v) is 7.54. The van der Waals surface area contributed by atoms with Gasteiger partial charge in [-0.25, -0.2) is 15.0 Å². The van der Waals surface area contributed by atoms with Gasteiger partial charge in [-0.05, 0) is 37.5 Å². The second kappa shape index (κ2) is 9.02. The van der Waals surface area contributed by atoms with E-state index in [0.29, 0.717) is 18.3 Å². The number of benzene rings is 1. The lowest BCUT2D eigenvalue weighted by Gasteiger charge is -2.37. The van der Waals surface area contributed by atoms with Crippen molar-refractivity contribution in [2.24, 2.45) is 0 Å². The number of likely N-dealkylation sites (tertiary alicyclic amines) is 1. The van der Waals surface area contributed by atoms with Gasteiger partial charge in [0.2, 0.25) is 5.88 Å². The predicted molar refractivity (Wildman–Crippen MR) is 115 cm³/mol. The van der Waals surface area contributed by atoms with Crippen molar-refractivity contribution in [2.45, 2.75) is 31.7 Å². The Bertz CT molecular complexity index is 1010. The van der Waals surface area contributed by atoms with Crippen LogP contribution in [0.4, 0.5) is 0 Å². The van der Waals surface area contributed by atoms with Crippen molar-refractivity contribution in [2.75, 3.05) is 19.7 Å². The van der Waals surface area contributed by atoms with Crippen molar-refractivity contribution in [1.82, 2.24) is 19.9 Å². The molecule has 0 saturated carbocycles. The normalized spacial score (nSPS) is 16.0. The van der Waals surface area contributed by atoms with Gasteiger partial charge >= 0.3 is 0 Å². The number of ether oxygens (including phenoxy) is 1. The monoisotopic (exact) mass is 399 g/mol. The summed E-state index contributed by atoms with van der Waals surface area (Å²) in [5, 5.41) is 10.0. The summed E-state index contributed by atoms with van der Waals surface area (Å²) in [5.74, 6) is 1.09. The number of hydrogen-bond donors (Lipinski definition) is 0. The van der Waals surface area contributed by atoms with Gasteiger partial charge in [0.25, 0.3) is 0 Å². The molecule has 0 spiro atoms. The number of rotatable bonds is 6. The van der Waals surface area contributed by atoms with Gasteiger partial charge in [-0.3, -0.25) is 4.90 Å². The molecule has 0 N–H and O–H groups in total. The van der Waals surface area contributed by atoms with Gasteiger partial charge in [-0.2, -0.15) is 5.26 Å². The zero-order valence-corrected chi connectivity index (χ0v) is 17.2. The molecule has 3 heterocycles. The fourth-order valence-electron chi connectivity index (χ4n) is 3.93. The van der Waals surface area contributed by atoms with Gasteiger partial charge < -0.3 is 4.74 Å². The first-order chi connectivity index (χ1) is 14.7. The maximum absolute atomic E-state index is 10.0. The van der Waals surface area contributed by atoms with Crippen LogP contribution in [0.5, 0.6) is 5.88 Å². The molecule has 4 rings (SSSR count). The van der Waals surface area contributed by atoms with Crippen LogP contribution in [0.1, 0.15) is 30.9 Å². The summed E-state index contributed by atoms with van der Waals surface area (Å²) < 4.78 is 5.59. The van der Waals surface area contributed by atoms with Gasteiger partial charge in [-0.1, -0.05) is 30.3 Å². The summed E-state index contributed by atoms with van der Waals surface area (Å²) in [6, 6.07) is 16.8. The van der Waals surface area contributed by atoms with Crippen molar-refractivity contribution in [1.29, 1.82) is 5.26 Å². The molecule has 1 saturated heterocycles. The van der Waals surface area contributed by atoms with Crippen LogP contribution >= 0.6 is 0 Å². The molecule has 3 aromatic rings. The molecule has 0 atom stereocenters. The van der Waals surface area contributed by atoms with Gasteiger partial charge in [0.05, 0.1) is 23.7 Å². The predicted octanol–water partition coefficient (Wildman–Crippen LogP) is 3.99. The van der Waals surface area contributed by atoms with Crippen LogP contribution in [0, 0.1) is 11.3 Å². The van der Waals surface area contributed by atoms with Crippen LogP contribution in [-0.4, -0.2) is 39.5 Å². The molecule has 1 aliphatic rings. The van der Waals surface area contributed by atoms with Crippen molar-refractivity contribution in [3.8, 4) is 23.3 Å². The summed E-state index contributed by atoms with van der Waals surface area (Å²) in [5.41, 5.74) is 2.41. The Morgan fingerprint density at radius 1 is 1.03 bits per heavy atom. The first-order valence-electron chi connectivity index (χ1n) is 10.3. The molecule has 0 bridgehead atoms. The molecular formula is C24H25N5O. The zero-order valence-electron chi connectivity index (χ0n) is 17.2. The first-order valence-corrected chi connectivity index (χ1v) is 10.3. The molecule has 0 unspecified atom stereocenters. The molecule has 30 heavy (non-hydrogen) atoms. The number of piperidine rings is 1. The number of pyridine rings is 1. The van der Waals surface area contributed by atoms with E-state index in [1.54, 1.807) is 18.6 Å². The Balaban J connectivity index is 1.49. The highest BCUT2D eigenvalue weighted by molar-refractivity contribution is 5.61. The first kappa shape index (κ1) is 20.0. The summed E-state index contributed by atoms with van der Waals surface area (Å²) in [4.78, 5) is 15.8. The molecule has 0 aliphatic carbocycles. The van der Waals surface area contributed by atoms with Gasteiger partial charge in [0.1, 0.15) is 0 Å². The Morgan fingerprint density at radius 2 is 1.77 bits per heavy atom. The van der Waals surface area contributed by atoms with E-state index in [2.05, 4.69) is 50.2 Å². The number of nitrogens with zero attached hydrogens (tertiary/aromatic N) is 5. The molecule has 6 nitrogen and oxygen atoms in total. The molecule has 1 aliphatic heterocycles. The largest absolute Gasteiger partial charge is 0.477 e. The number of aromatic nitrogens is 3. The fourth-order valence-corrected chi connectivity index (χ4v) is 3.93. The lowest BCUT2D eigenvalue weighted by atomic mass is 9.75. The Morgan fingerprint density at radius 3 is 2.43 bits per heavy atom. The van der Waals surface area contributed by atoms with Crippen molar-refractivity contribution < 1.29 is 4.74 Å². The number of hydrogen-bond acceptors (Lipinski definition) is 6. The molecule has 6 heteroatoms. The van der Waals surface area contributed by atoms with E-state index in [1.165, 1.54) is 5.56 Å². The van der Waals surface area contributed by atoms with E-state index in [0.717, 1.165) is 43.6 Å². The van der Waals surface area contributed by atoms with Crippen LogP contribution in [0.3, 0.4) is 0 Å². The van der Waals surface area contributed by atoms with E-state index < -0.39 is 5.41 Å². The SMILES string of the molecule is CCOc1ncccc1-c1ncc(C2(C#N)CCN(Cc3ccccc3)CC2)cn1. The highest BCUT2D eigenvalue weighted by Gasteiger charge is 2.37. The average Bonchev–Trinajstić information content (AvgIpc) is 2.81. The topological polar surface area (TPSA) is 74.9 Å². The Hall–Kier alpha value is -3.30. The van der Waals surface area contributed by atoms with E-state index in [9.17, 15) is 5.26 Å². The van der Waals surface area contributed by atoms with Crippen molar-refractivity contribution >= 4 is 0 Å². The lowest BCUT2D eigenvalue weighted by Crippen LogP contribution is -2.41. The van der Waals surface area contributed by atoms with E-state index >= 15 is 0 Å². The van der Waals surface area contributed by atoms with Crippen molar-refractivity contribution in [3.05, 3.63) is 72.2 Å². The number of nitriles is 1. The maximum atomic E-state index is 10.0. The van der Waals surface area contributed by atoms with Crippen LogP contribution in [-0.2, 0) is 12.0 Å². The van der Waals surface area contributed by atoms with Gasteiger partial charge in [-0.15, -0.1) is 0 Å².